The number of nitrogen functional groups attached to an aromatic ring is 1. The Morgan fingerprint density at radius 3 is 2.53 bits per heavy atom. The van der Waals surface area contributed by atoms with E-state index in [0.29, 0.717) is 0 Å². The topological polar surface area (TPSA) is 29.3 Å². The largest absolute Gasteiger partial charge is 0.399 e. The van der Waals surface area contributed by atoms with E-state index in [2.05, 4.69) is 37.8 Å². The maximum Gasteiger partial charge on any atom is 0.0314 e. The van der Waals surface area contributed by atoms with Crippen LogP contribution in [0, 0.1) is 11.8 Å². The quantitative estimate of drug-likeness (QED) is 0.839. The molecule has 2 nitrogen and oxygen atoms in total. The summed E-state index contributed by atoms with van der Waals surface area (Å²) in [6, 6.07) is 9.05. The van der Waals surface area contributed by atoms with Gasteiger partial charge in [0.1, 0.15) is 0 Å². The van der Waals surface area contributed by atoms with Crippen molar-refractivity contribution in [1.82, 2.24) is 4.90 Å². The number of benzene rings is 1. The molecule has 0 bridgehead atoms. The zero-order valence-corrected chi connectivity index (χ0v) is 12.6. The minimum absolute atomic E-state index is 0.739. The molecule has 1 saturated heterocycles. The van der Waals surface area contributed by atoms with Crippen LogP contribution in [-0.4, -0.2) is 24.0 Å². The molecular weight excluding hydrogens is 232 g/mol. The van der Waals surface area contributed by atoms with Crippen molar-refractivity contribution in [3.63, 3.8) is 0 Å². The SMILES string of the molecule is CC1CC(C)C(C)N(CCCc2ccc(N)cc2)C1. The van der Waals surface area contributed by atoms with Gasteiger partial charge in [-0.05, 0) is 62.3 Å². The molecule has 19 heavy (non-hydrogen) atoms. The number of nitrogens with zero attached hydrogens (tertiary/aromatic N) is 1. The van der Waals surface area contributed by atoms with E-state index in [1.165, 1.54) is 31.5 Å². The van der Waals surface area contributed by atoms with Crippen LogP contribution in [-0.2, 0) is 6.42 Å². The number of likely N-dealkylation sites (tertiary alicyclic amines) is 1. The number of hydrogen-bond donors (Lipinski definition) is 1. The van der Waals surface area contributed by atoms with Crippen molar-refractivity contribution in [2.24, 2.45) is 11.8 Å². The van der Waals surface area contributed by atoms with Crippen molar-refractivity contribution in [1.29, 1.82) is 0 Å². The first-order chi connectivity index (χ1) is 9.06. The lowest BCUT2D eigenvalue weighted by Crippen LogP contribution is -2.46. The Bertz CT molecular complexity index is 385. The number of anilines is 1. The predicted molar refractivity (Wildman–Crippen MR) is 83.2 cm³/mol. The van der Waals surface area contributed by atoms with Crippen LogP contribution in [0.15, 0.2) is 24.3 Å². The van der Waals surface area contributed by atoms with Crippen molar-refractivity contribution in [3.05, 3.63) is 29.8 Å². The average molecular weight is 260 g/mol. The molecular formula is C17H28N2. The highest BCUT2D eigenvalue weighted by Gasteiger charge is 2.27. The summed E-state index contributed by atoms with van der Waals surface area (Å²) in [5, 5.41) is 0. The summed E-state index contributed by atoms with van der Waals surface area (Å²) in [6.45, 7) is 9.66. The molecule has 2 N–H and O–H groups in total. The zero-order chi connectivity index (χ0) is 13.8. The van der Waals surface area contributed by atoms with E-state index in [9.17, 15) is 0 Å². The second-order valence-electron chi connectivity index (χ2n) is 6.40. The highest BCUT2D eigenvalue weighted by molar-refractivity contribution is 5.39. The summed E-state index contributed by atoms with van der Waals surface area (Å²) < 4.78 is 0. The van der Waals surface area contributed by atoms with Crippen molar-refractivity contribution >= 4 is 5.69 Å². The van der Waals surface area contributed by atoms with Gasteiger partial charge in [0.15, 0.2) is 0 Å². The maximum atomic E-state index is 5.71. The zero-order valence-electron chi connectivity index (χ0n) is 12.6. The van der Waals surface area contributed by atoms with E-state index in [1.54, 1.807) is 0 Å². The van der Waals surface area contributed by atoms with E-state index >= 15 is 0 Å². The van der Waals surface area contributed by atoms with Crippen LogP contribution in [0.25, 0.3) is 0 Å². The van der Waals surface area contributed by atoms with Gasteiger partial charge in [0.2, 0.25) is 0 Å². The standard InChI is InChI=1S/C17H28N2/c1-13-11-14(2)15(3)19(12-13)10-4-5-16-6-8-17(18)9-7-16/h6-9,13-15H,4-5,10-12,18H2,1-3H3. The number of piperidine rings is 1. The molecule has 0 aliphatic carbocycles. The first kappa shape index (κ1) is 14.4. The average Bonchev–Trinajstić information content (AvgIpc) is 2.37. The summed E-state index contributed by atoms with van der Waals surface area (Å²) in [7, 11) is 0. The second kappa shape index (κ2) is 6.42. The van der Waals surface area contributed by atoms with Crippen LogP contribution in [0.1, 0.15) is 39.2 Å². The summed E-state index contributed by atoms with van der Waals surface area (Å²) in [5.74, 6) is 1.68. The third-order valence-electron chi connectivity index (χ3n) is 4.61. The molecule has 1 aromatic carbocycles. The van der Waals surface area contributed by atoms with Gasteiger partial charge in [-0.3, -0.25) is 0 Å². The van der Waals surface area contributed by atoms with Crippen LogP contribution in [0.2, 0.25) is 0 Å². The number of aryl methyl sites for hydroxylation is 1. The molecule has 1 aliphatic rings. The lowest BCUT2D eigenvalue weighted by Gasteiger charge is -2.41. The first-order valence-corrected chi connectivity index (χ1v) is 7.64. The minimum atomic E-state index is 0.739. The van der Waals surface area contributed by atoms with Crippen molar-refractivity contribution < 1.29 is 0 Å². The molecule has 0 aromatic heterocycles. The van der Waals surface area contributed by atoms with Gasteiger partial charge in [-0.25, -0.2) is 0 Å². The van der Waals surface area contributed by atoms with Crippen LogP contribution in [0.5, 0.6) is 0 Å². The molecule has 2 rings (SSSR count). The van der Waals surface area contributed by atoms with Gasteiger partial charge >= 0.3 is 0 Å². The Kier molecular flexibility index (Phi) is 4.87. The fourth-order valence-corrected chi connectivity index (χ4v) is 3.30. The molecule has 1 aromatic rings. The number of hydrogen-bond acceptors (Lipinski definition) is 2. The second-order valence-corrected chi connectivity index (χ2v) is 6.40. The molecule has 0 radical (unpaired) electrons. The maximum absolute atomic E-state index is 5.71. The van der Waals surface area contributed by atoms with E-state index in [0.717, 1.165) is 30.0 Å². The molecule has 3 atom stereocenters. The summed E-state index contributed by atoms with van der Waals surface area (Å²) in [6.07, 6.45) is 3.79. The van der Waals surface area contributed by atoms with E-state index in [1.807, 2.05) is 12.1 Å². The van der Waals surface area contributed by atoms with Crippen LogP contribution in [0.3, 0.4) is 0 Å². The summed E-state index contributed by atoms with van der Waals surface area (Å²) >= 11 is 0. The van der Waals surface area contributed by atoms with E-state index in [-0.39, 0.29) is 0 Å². The Balaban J connectivity index is 1.80. The fraction of sp³-hybridized carbons (Fsp3) is 0.647. The predicted octanol–water partition coefficient (Wildman–Crippen LogP) is 3.57. The lowest BCUT2D eigenvalue weighted by atomic mass is 9.86. The monoisotopic (exact) mass is 260 g/mol. The molecule has 0 saturated carbocycles. The van der Waals surface area contributed by atoms with Gasteiger partial charge < -0.3 is 10.6 Å². The van der Waals surface area contributed by atoms with Crippen molar-refractivity contribution in [2.75, 3.05) is 18.8 Å². The molecule has 0 spiro atoms. The molecule has 106 valence electrons. The van der Waals surface area contributed by atoms with E-state index < -0.39 is 0 Å². The fourth-order valence-electron chi connectivity index (χ4n) is 3.30. The molecule has 3 unspecified atom stereocenters. The van der Waals surface area contributed by atoms with Crippen LogP contribution < -0.4 is 5.73 Å². The Hall–Kier alpha value is -1.02. The van der Waals surface area contributed by atoms with Crippen LogP contribution in [0.4, 0.5) is 5.69 Å². The molecule has 1 aliphatic heterocycles. The van der Waals surface area contributed by atoms with Gasteiger partial charge in [-0.1, -0.05) is 26.0 Å². The molecule has 0 amide bonds. The number of nitrogens with two attached hydrogens (primary N) is 1. The van der Waals surface area contributed by atoms with Gasteiger partial charge in [0.25, 0.3) is 0 Å². The highest BCUT2D eigenvalue weighted by atomic mass is 15.2. The lowest BCUT2D eigenvalue weighted by molar-refractivity contribution is 0.0789. The number of rotatable bonds is 4. The van der Waals surface area contributed by atoms with Crippen LogP contribution >= 0.6 is 0 Å². The Morgan fingerprint density at radius 1 is 1.16 bits per heavy atom. The minimum Gasteiger partial charge on any atom is -0.399 e. The van der Waals surface area contributed by atoms with Crippen molar-refractivity contribution in [2.45, 2.75) is 46.1 Å². The first-order valence-electron chi connectivity index (χ1n) is 7.64. The normalized spacial score (nSPS) is 28.5. The smallest absolute Gasteiger partial charge is 0.0314 e. The molecule has 2 heteroatoms. The Labute approximate surface area is 118 Å². The summed E-state index contributed by atoms with van der Waals surface area (Å²) in [5.41, 5.74) is 7.97. The molecule has 1 heterocycles. The van der Waals surface area contributed by atoms with Gasteiger partial charge in [-0.2, -0.15) is 0 Å². The third-order valence-corrected chi connectivity index (χ3v) is 4.61. The Morgan fingerprint density at radius 2 is 1.84 bits per heavy atom. The van der Waals surface area contributed by atoms with Gasteiger partial charge in [-0.15, -0.1) is 0 Å². The highest BCUT2D eigenvalue weighted by Crippen LogP contribution is 2.27. The molecule has 1 fully saturated rings. The van der Waals surface area contributed by atoms with Crippen molar-refractivity contribution in [3.8, 4) is 0 Å². The van der Waals surface area contributed by atoms with E-state index in [4.69, 9.17) is 5.73 Å². The summed E-state index contributed by atoms with van der Waals surface area (Å²) in [4.78, 5) is 2.68. The third kappa shape index (κ3) is 3.97. The van der Waals surface area contributed by atoms with Gasteiger partial charge in [0, 0.05) is 18.3 Å². The van der Waals surface area contributed by atoms with Gasteiger partial charge in [0.05, 0.1) is 0 Å².